The van der Waals surface area contributed by atoms with E-state index in [2.05, 4.69) is 38.3 Å². The van der Waals surface area contributed by atoms with E-state index < -0.39 is 23.7 Å². The maximum atomic E-state index is 12.6. The van der Waals surface area contributed by atoms with Crippen LogP contribution in [0.25, 0.3) is 0 Å². The molecule has 0 fully saturated rings. The van der Waals surface area contributed by atoms with Crippen molar-refractivity contribution in [3.63, 3.8) is 0 Å². The van der Waals surface area contributed by atoms with E-state index in [1.54, 1.807) is 20.8 Å². The molecule has 0 aliphatic heterocycles. The third-order valence-corrected chi connectivity index (χ3v) is 3.99. The molecule has 0 heterocycles. The second-order valence-corrected chi connectivity index (χ2v) is 8.46. The van der Waals surface area contributed by atoms with Gasteiger partial charge in [-0.1, -0.05) is 74.0 Å². The van der Waals surface area contributed by atoms with Crippen LogP contribution in [-0.4, -0.2) is 37.4 Å². The fraction of sp³-hybridized carbons (Fsp3) is 0.538. The highest BCUT2D eigenvalue weighted by atomic mass is 79.9. The van der Waals surface area contributed by atoms with Crippen LogP contribution in [-0.2, 0) is 24.9 Å². The van der Waals surface area contributed by atoms with Crippen LogP contribution < -0.4 is 5.32 Å². The van der Waals surface area contributed by atoms with Crippen LogP contribution in [0.1, 0.15) is 67.9 Å². The summed E-state index contributed by atoms with van der Waals surface area (Å²) in [5.41, 5.74) is 1.13. The van der Waals surface area contributed by atoms with Gasteiger partial charge >= 0.3 is 12.1 Å². The first-order chi connectivity index (χ1) is 16.1. The number of benzene rings is 1. The van der Waals surface area contributed by atoms with Crippen molar-refractivity contribution in [2.24, 2.45) is 0 Å². The van der Waals surface area contributed by atoms with Gasteiger partial charge < -0.3 is 19.0 Å². The molecule has 1 aromatic carbocycles. The van der Waals surface area contributed by atoms with Crippen molar-refractivity contribution < 1.29 is 23.2 Å². The molecule has 0 spiro atoms. The number of hydrogen-bond acceptors (Lipinski definition) is 6. The van der Waals surface area contributed by atoms with Gasteiger partial charge in [0.15, 0.2) is 0 Å². The number of allylic oxidation sites excluding steroid dienone is 2. The summed E-state index contributed by atoms with van der Waals surface area (Å²) in [5.74, 6) is -0.507. The van der Waals surface area contributed by atoms with Crippen molar-refractivity contribution in [2.75, 3.05) is 13.7 Å². The zero-order valence-electron chi connectivity index (χ0n) is 22.4. The molecule has 1 atom stereocenters. The predicted octanol–water partition coefficient (Wildman–Crippen LogP) is 7.48. The molecule has 0 aromatic heterocycles. The highest BCUT2D eigenvalue weighted by Crippen LogP contribution is 2.14. The molecule has 0 saturated heterocycles. The average Bonchev–Trinajstić information content (AvgIpc) is 2.79. The number of ether oxygens (including phenoxy) is 2. The monoisotopic (exact) mass is 561 g/mol. The zero-order chi connectivity index (χ0) is 27.2. The van der Waals surface area contributed by atoms with E-state index in [1.165, 1.54) is 7.11 Å². The van der Waals surface area contributed by atoms with Crippen LogP contribution >= 0.6 is 28.8 Å². The summed E-state index contributed by atoms with van der Waals surface area (Å²) in [6, 6.07) is 6.70. The van der Waals surface area contributed by atoms with Crippen molar-refractivity contribution in [3.05, 3.63) is 58.1 Å². The fourth-order valence-electron chi connectivity index (χ4n) is 2.20. The topological polar surface area (TPSA) is 73.9 Å². The minimum atomic E-state index is -0.843. The van der Waals surface area contributed by atoms with E-state index in [0.717, 1.165) is 15.6 Å². The Bertz CT molecular complexity index is 713. The number of thiol groups is 1. The summed E-state index contributed by atoms with van der Waals surface area (Å²) in [5, 5.41) is 2.63. The van der Waals surface area contributed by atoms with E-state index in [1.807, 2.05) is 84.0 Å². The summed E-state index contributed by atoms with van der Waals surface area (Å²) in [6.07, 6.45) is 5.28. The standard InChI is InChI=1S/C21H28BrNO4.2C2H6.CH4OS/c1-6-8-15(7-2)14-26-19(24)18(23-20(25)27-21(3,4)5)13-16-9-11-17(22)12-10-16;2*1-2;1-2-3/h6-12,18H,13-14H2,1-5H3,(H,23,25);2*1-2H3;3H,1H3/b8-6-,15-7+;;;. The molecule has 34 heavy (non-hydrogen) atoms. The second kappa shape index (κ2) is 23.0. The van der Waals surface area contributed by atoms with Crippen molar-refractivity contribution in [1.29, 1.82) is 0 Å². The molecular formula is C26H44BrNO5S. The minimum absolute atomic E-state index is 0.145. The number of halogens is 1. The Morgan fingerprint density at radius 1 is 1.09 bits per heavy atom. The first-order valence-electron chi connectivity index (χ1n) is 11.4. The van der Waals surface area contributed by atoms with Crippen LogP contribution in [0.2, 0.25) is 0 Å². The average molecular weight is 563 g/mol. The Balaban J connectivity index is -0.00000124. The van der Waals surface area contributed by atoms with E-state index in [0.29, 0.717) is 6.42 Å². The summed E-state index contributed by atoms with van der Waals surface area (Å²) in [4.78, 5) is 24.7. The van der Waals surface area contributed by atoms with Crippen molar-refractivity contribution in [3.8, 4) is 0 Å². The molecule has 8 heteroatoms. The van der Waals surface area contributed by atoms with Gasteiger partial charge in [-0.05, 0) is 70.8 Å². The van der Waals surface area contributed by atoms with Gasteiger partial charge in [-0.3, -0.25) is 0 Å². The van der Waals surface area contributed by atoms with Gasteiger partial charge in [-0.2, -0.15) is 0 Å². The predicted molar refractivity (Wildman–Crippen MR) is 149 cm³/mol. The zero-order valence-corrected chi connectivity index (χ0v) is 24.9. The Labute approximate surface area is 221 Å². The lowest BCUT2D eigenvalue weighted by Gasteiger charge is -2.23. The molecule has 0 bridgehead atoms. The number of rotatable bonds is 7. The highest BCUT2D eigenvalue weighted by molar-refractivity contribution is 9.10. The number of alkyl carbamates (subject to hydrolysis) is 1. The highest BCUT2D eigenvalue weighted by Gasteiger charge is 2.26. The number of esters is 1. The maximum Gasteiger partial charge on any atom is 0.408 e. The Hall–Kier alpha value is -1.77. The first kappa shape index (κ1) is 36.8. The molecule has 1 unspecified atom stereocenters. The molecule has 1 amide bonds. The number of nitrogens with one attached hydrogen (secondary N) is 1. The number of carbonyl (C=O) groups excluding carboxylic acids is 2. The van der Waals surface area contributed by atoms with Crippen molar-refractivity contribution in [2.45, 2.75) is 80.4 Å². The molecule has 0 aliphatic rings. The maximum absolute atomic E-state index is 12.6. The number of hydrogen-bond donors (Lipinski definition) is 2. The number of carbonyl (C=O) groups is 2. The largest absolute Gasteiger partial charge is 0.459 e. The molecule has 1 rings (SSSR count). The van der Waals surface area contributed by atoms with E-state index >= 15 is 0 Å². The van der Waals surface area contributed by atoms with Crippen LogP contribution in [0.15, 0.2) is 52.5 Å². The van der Waals surface area contributed by atoms with Gasteiger partial charge in [0.05, 0.1) is 0 Å². The van der Waals surface area contributed by atoms with Crippen LogP contribution in [0, 0.1) is 0 Å². The first-order valence-corrected chi connectivity index (χ1v) is 12.6. The Morgan fingerprint density at radius 3 is 2.00 bits per heavy atom. The lowest BCUT2D eigenvalue weighted by molar-refractivity contribution is -0.145. The van der Waals surface area contributed by atoms with Crippen molar-refractivity contribution >= 4 is 40.9 Å². The molecule has 196 valence electrons. The van der Waals surface area contributed by atoms with Crippen LogP contribution in [0.4, 0.5) is 4.79 Å². The second-order valence-electron chi connectivity index (χ2n) is 7.18. The fourth-order valence-corrected chi connectivity index (χ4v) is 2.46. The van der Waals surface area contributed by atoms with Gasteiger partial charge in [0.2, 0.25) is 0 Å². The van der Waals surface area contributed by atoms with Gasteiger partial charge in [0.25, 0.3) is 0 Å². The molecular weight excluding hydrogens is 518 g/mol. The third-order valence-electron chi connectivity index (χ3n) is 3.46. The quantitative estimate of drug-likeness (QED) is 0.156. The summed E-state index contributed by atoms with van der Waals surface area (Å²) >= 11 is 6.67. The SMILES string of the molecule is C/C=C\C(=C/C)COC(=O)C(Cc1ccc(Br)cc1)NC(=O)OC(C)(C)C.CC.CC.COS. The minimum Gasteiger partial charge on any atom is -0.459 e. The van der Waals surface area contributed by atoms with Crippen molar-refractivity contribution in [1.82, 2.24) is 5.32 Å². The summed E-state index contributed by atoms with van der Waals surface area (Å²) < 4.78 is 15.6. The Morgan fingerprint density at radius 2 is 1.59 bits per heavy atom. The molecule has 0 saturated carbocycles. The number of amides is 1. The smallest absolute Gasteiger partial charge is 0.408 e. The third kappa shape index (κ3) is 20.8. The summed E-state index contributed by atoms with van der Waals surface area (Å²) in [6.45, 7) is 17.2. The molecule has 0 radical (unpaired) electrons. The van der Waals surface area contributed by atoms with E-state index in [-0.39, 0.29) is 6.61 Å². The van der Waals surface area contributed by atoms with Gasteiger partial charge in [0, 0.05) is 18.0 Å². The van der Waals surface area contributed by atoms with E-state index in [9.17, 15) is 9.59 Å². The molecule has 6 nitrogen and oxygen atoms in total. The van der Waals surface area contributed by atoms with Gasteiger partial charge in [-0.25, -0.2) is 9.59 Å². The van der Waals surface area contributed by atoms with Crippen LogP contribution in [0.3, 0.4) is 0 Å². The normalized spacial score (nSPS) is 11.5. The lowest BCUT2D eigenvalue weighted by Crippen LogP contribution is -2.45. The van der Waals surface area contributed by atoms with Gasteiger partial charge in [-0.15, -0.1) is 0 Å². The molecule has 1 aromatic rings. The van der Waals surface area contributed by atoms with E-state index in [4.69, 9.17) is 9.47 Å². The summed E-state index contributed by atoms with van der Waals surface area (Å²) in [7, 11) is 1.49. The van der Waals surface area contributed by atoms with Gasteiger partial charge in [0.1, 0.15) is 18.2 Å². The molecule has 1 N–H and O–H groups in total. The lowest BCUT2D eigenvalue weighted by atomic mass is 10.1. The Kier molecular flexibility index (Phi) is 24.9. The van der Waals surface area contributed by atoms with Crippen LogP contribution in [0.5, 0.6) is 0 Å². The molecule has 0 aliphatic carbocycles.